The maximum atomic E-state index is 10.8. The summed E-state index contributed by atoms with van der Waals surface area (Å²) in [6, 6.07) is 7.65. The lowest BCUT2D eigenvalue weighted by Crippen LogP contribution is -2.28. The molecule has 0 saturated carbocycles. The molecule has 1 fully saturated rings. The van der Waals surface area contributed by atoms with E-state index in [1.54, 1.807) is 0 Å². The average Bonchev–Trinajstić information content (AvgIpc) is 2.56. The van der Waals surface area contributed by atoms with Crippen molar-refractivity contribution in [1.29, 1.82) is 0 Å². The van der Waals surface area contributed by atoms with Crippen molar-refractivity contribution >= 4 is 17.7 Å². The van der Waals surface area contributed by atoms with Crippen molar-refractivity contribution in [1.82, 2.24) is 5.32 Å². The average molecular weight is 212 g/mol. The minimum Gasteiger partial charge on any atom is -0.447 e. The van der Waals surface area contributed by atoms with Crippen LogP contribution in [-0.2, 0) is 11.2 Å². The van der Waals surface area contributed by atoms with E-state index < -0.39 is 0 Å². The van der Waals surface area contributed by atoms with Gasteiger partial charge in [-0.1, -0.05) is 29.8 Å². The summed E-state index contributed by atoms with van der Waals surface area (Å²) in [5.74, 6) is 0. The Morgan fingerprint density at radius 3 is 2.93 bits per heavy atom. The van der Waals surface area contributed by atoms with E-state index in [9.17, 15) is 4.79 Å². The molecular weight excluding hydrogens is 202 g/mol. The van der Waals surface area contributed by atoms with Crippen molar-refractivity contribution in [3.05, 3.63) is 34.9 Å². The monoisotopic (exact) mass is 211 g/mol. The molecule has 1 unspecified atom stereocenters. The Morgan fingerprint density at radius 1 is 1.50 bits per heavy atom. The highest BCUT2D eigenvalue weighted by Crippen LogP contribution is 2.17. The van der Waals surface area contributed by atoms with E-state index in [-0.39, 0.29) is 12.1 Å². The van der Waals surface area contributed by atoms with Crippen molar-refractivity contribution in [3.63, 3.8) is 0 Å². The number of amides is 1. The van der Waals surface area contributed by atoms with Gasteiger partial charge in [0.25, 0.3) is 0 Å². The number of halogens is 1. The Balaban J connectivity index is 2.04. The summed E-state index contributed by atoms with van der Waals surface area (Å²) < 4.78 is 4.78. The van der Waals surface area contributed by atoms with Crippen LogP contribution in [-0.4, -0.2) is 18.7 Å². The first-order chi connectivity index (χ1) is 6.75. The molecule has 1 heterocycles. The number of carbonyl (C=O) groups excluding carboxylic acids is 1. The number of benzene rings is 1. The van der Waals surface area contributed by atoms with Gasteiger partial charge in [0.1, 0.15) is 6.61 Å². The molecule has 2 rings (SSSR count). The van der Waals surface area contributed by atoms with Crippen molar-refractivity contribution in [2.45, 2.75) is 12.5 Å². The normalized spacial score (nSPS) is 20.4. The fourth-order valence-corrected chi connectivity index (χ4v) is 1.68. The van der Waals surface area contributed by atoms with E-state index in [2.05, 4.69) is 5.32 Å². The van der Waals surface area contributed by atoms with Crippen LogP contribution in [0.1, 0.15) is 5.56 Å². The molecule has 1 atom stereocenters. The van der Waals surface area contributed by atoms with Gasteiger partial charge in [0, 0.05) is 5.02 Å². The summed E-state index contributed by atoms with van der Waals surface area (Å²) in [7, 11) is 0. The van der Waals surface area contributed by atoms with Crippen LogP contribution in [0.5, 0.6) is 0 Å². The van der Waals surface area contributed by atoms with Crippen LogP contribution in [0.2, 0.25) is 5.02 Å². The molecule has 1 saturated heterocycles. The van der Waals surface area contributed by atoms with Gasteiger partial charge >= 0.3 is 6.09 Å². The first-order valence-electron chi connectivity index (χ1n) is 4.42. The minimum absolute atomic E-state index is 0.0439. The van der Waals surface area contributed by atoms with Crippen molar-refractivity contribution in [3.8, 4) is 0 Å². The predicted octanol–water partition coefficient (Wildman–Crippen LogP) is 1.99. The summed E-state index contributed by atoms with van der Waals surface area (Å²) in [6.07, 6.45) is 0.368. The second-order valence-corrected chi connectivity index (χ2v) is 3.64. The van der Waals surface area contributed by atoms with Crippen molar-refractivity contribution < 1.29 is 9.53 Å². The second kappa shape index (κ2) is 3.88. The Bertz CT molecular complexity index is 354. The number of alkyl carbamates (subject to hydrolysis) is 1. The fourth-order valence-electron chi connectivity index (χ4n) is 1.47. The summed E-state index contributed by atoms with van der Waals surface area (Å²) in [6.45, 7) is 0.421. The van der Waals surface area contributed by atoms with E-state index >= 15 is 0 Å². The van der Waals surface area contributed by atoms with Gasteiger partial charge in [-0.25, -0.2) is 4.79 Å². The zero-order valence-corrected chi connectivity index (χ0v) is 8.25. The van der Waals surface area contributed by atoms with E-state index in [1.165, 1.54) is 0 Å². The van der Waals surface area contributed by atoms with Gasteiger partial charge < -0.3 is 10.1 Å². The Kier molecular flexibility index (Phi) is 2.59. The lowest BCUT2D eigenvalue weighted by Gasteiger charge is -2.08. The fraction of sp³-hybridized carbons (Fsp3) is 0.300. The molecule has 0 radical (unpaired) electrons. The van der Waals surface area contributed by atoms with E-state index in [1.807, 2.05) is 24.3 Å². The third-order valence-corrected chi connectivity index (χ3v) is 2.53. The number of carbonyl (C=O) groups is 1. The molecule has 0 aliphatic carbocycles. The van der Waals surface area contributed by atoms with Crippen LogP contribution in [0.3, 0.4) is 0 Å². The predicted molar refractivity (Wildman–Crippen MR) is 53.4 cm³/mol. The van der Waals surface area contributed by atoms with Gasteiger partial charge in [0.05, 0.1) is 6.04 Å². The highest BCUT2D eigenvalue weighted by molar-refractivity contribution is 6.31. The third kappa shape index (κ3) is 1.99. The van der Waals surface area contributed by atoms with Crippen molar-refractivity contribution in [2.75, 3.05) is 6.61 Å². The summed E-state index contributed by atoms with van der Waals surface area (Å²) in [5.41, 5.74) is 1.03. The molecule has 0 spiro atoms. The number of hydrogen-bond donors (Lipinski definition) is 1. The van der Waals surface area contributed by atoms with Gasteiger partial charge in [-0.05, 0) is 18.1 Å². The van der Waals surface area contributed by atoms with E-state index in [4.69, 9.17) is 16.3 Å². The van der Waals surface area contributed by atoms with Crippen LogP contribution in [0.4, 0.5) is 4.79 Å². The van der Waals surface area contributed by atoms with Gasteiger partial charge in [-0.2, -0.15) is 0 Å². The molecule has 1 aromatic carbocycles. The quantitative estimate of drug-likeness (QED) is 0.813. The molecule has 74 valence electrons. The Labute approximate surface area is 87.0 Å². The van der Waals surface area contributed by atoms with Gasteiger partial charge in [0.15, 0.2) is 0 Å². The number of cyclic esters (lactones) is 1. The number of ether oxygens (including phenoxy) is 1. The highest BCUT2D eigenvalue weighted by Gasteiger charge is 2.22. The summed E-state index contributed by atoms with van der Waals surface area (Å²) in [5, 5.41) is 3.44. The topological polar surface area (TPSA) is 38.3 Å². The summed E-state index contributed by atoms with van der Waals surface area (Å²) in [4.78, 5) is 10.8. The Hall–Kier alpha value is -1.22. The lowest BCUT2D eigenvalue weighted by molar-refractivity contribution is 0.177. The molecule has 1 aliphatic heterocycles. The largest absolute Gasteiger partial charge is 0.447 e. The molecule has 0 bridgehead atoms. The van der Waals surface area contributed by atoms with Crippen LogP contribution < -0.4 is 5.32 Å². The first-order valence-corrected chi connectivity index (χ1v) is 4.80. The maximum absolute atomic E-state index is 10.8. The zero-order chi connectivity index (χ0) is 9.97. The molecule has 1 amide bonds. The number of hydrogen-bond acceptors (Lipinski definition) is 2. The van der Waals surface area contributed by atoms with E-state index in [0.29, 0.717) is 13.0 Å². The molecule has 4 heteroatoms. The molecule has 0 aromatic heterocycles. The smallest absolute Gasteiger partial charge is 0.407 e. The molecule has 1 aliphatic rings. The summed E-state index contributed by atoms with van der Waals surface area (Å²) >= 11 is 5.99. The van der Waals surface area contributed by atoms with Crippen molar-refractivity contribution in [2.24, 2.45) is 0 Å². The van der Waals surface area contributed by atoms with Crippen LogP contribution in [0.25, 0.3) is 0 Å². The second-order valence-electron chi connectivity index (χ2n) is 3.24. The first kappa shape index (κ1) is 9.34. The van der Waals surface area contributed by atoms with E-state index in [0.717, 1.165) is 10.6 Å². The van der Waals surface area contributed by atoms with Gasteiger partial charge in [-0.3, -0.25) is 0 Å². The Morgan fingerprint density at radius 2 is 2.29 bits per heavy atom. The standard InChI is InChI=1S/C10H10ClNO2/c11-9-4-2-1-3-7(9)5-8-6-14-10(13)12-8/h1-4,8H,5-6H2,(H,12,13). The lowest BCUT2D eigenvalue weighted by atomic mass is 10.1. The number of rotatable bonds is 2. The third-order valence-electron chi connectivity index (χ3n) is 2.16. The molecule has 3 nitrogen and oxygen atoms in total. The zero-order valence-electron chi connectivity index (χ0n) is 7.50. The van der Waals surface area contributed by atoms with Crippen LogP contribution in [0, 0.1) is 0 Å². The van der Waals surface area contributed by atoms with Crippen LogP contribution in [0.15, 0.2) is 24.3 Å². The molecule has 14 heavy (non-hydrogen) atoms. The SMILES string of the molecule is O=C1NC(Cc2ccccc2Cl)CO1. The number of nitrogens with one attached hydrogen (secondary N) is 1. The van der Waals surface area contributed by atoms with Gasteiger partial charge in [0.2, 0.25) is 0 Å². The molecular formula is C10H10ClNO2. The maximum Gasteiger partial charge on any atom is 0.407 e. The van der Waals surface area contributed by atoms with Crippen LogP contribution >= 0.6 is 11.6 Å². The van der Waals surface area contributed by atoms with Gasteiger partial charge in [-0.15, -0.1) is 0 Å². The molecule has 1 N–H and O–H groups in total. The highest BCUT2D eigenvalue weighted by atomic mass is 35.5. The minimum atomic E-state index is -0.345. The molecule has 1 aromatic rings.